The quantitative estimate of drug-likeness (QED) is 0.743. The molecule has 0 aliphatic rings. The second-order valence-corrected chi connectivity index (χ2v) is 5.07. The molecule has 0 bridgehead atoms. The predicted molar refractivity (Wildman–Crippen MR) is 78.5 cm³/mol. The summed E-state index contributed by atoms with van der Waals surface area (Å²) in [5, 5.41) is 5.59. The number of benzene rings is 1. The number of urea groups is 1. The molecule has 1 aromatic carbocycles. The Morgan fingerprint density at radius 1 is 1.26 bits per heavy atom. The maximum absolute atomic E-state index is 11.6. The number of aryl methyl sites for hydroxylation is 1. The number of hydrogen-bond acceptors (Lipinski definition) is 2. The van der Waals surface area contributed by atoms with Crippen LogP contribution in [-0.4, -0.2) is 25.8 Å². The summed E-state index contributed by atoms with van der Waals surface area (Å²) in [5.41, 5.74) is 1.98. The Labute approximate surface area is 115 Å². The van der Waals surface area contributed by atoms with Crippen molar-refractivity contribution in [3.63, 3.8) is 0 Å². The molecule has 2 amide bonds. The molecule has 2 N–H and O–H groups in total. The number of rotatable bonds is 7. The van der Waals surface area contributed by atoms with Crippen LogP contribution >= 0.6 is 0 Å². The summed E-state index contributed by atoms with van der Waals surface area (Å²) in [7, 11) is 0. The Morgan fingerprint density at radius 3 is 2.58 bits per heavy atom. The van der Waals surface area contributed by atoms with Crippen molar-refractivity contribution in [3.05, 3.63) is 29.8 Å². The molecule has 0 unspecified atom stereocenters. The van der Waals surface area contributed by atoms with Gasteiger partial charge in [0.1, 0.15) is 0 Å². The van der Waals surface area contributed by atoms with Crippen LogP contribution in [0.1, 0.15) is 25.8 Å². The molecule has 0 aliphatic carbocycles. The number of ether oxygens (including phenoxy) is 1. The lowest BCUT2D eigenvalue weighted by atomic mass is 10.2. The summed E-state index contributed by atoms with van der Waals surface area (Å²) in [6.45, 7) is 8.33. The second-order valence-electron chi connectivity index (χ2n) is 5.07. The first-order chi connectivity index (χ1) is 9.08. The van der Waals surface area contributed by atoms with Crippen molar-refractivity contribution in [1.82, 2.24) is 5.32 Å². The third-order valence-corrected chi connectivity index (χ3v) is 2.51. The van der Waals surface area contributed by atoms with E-state index in [4.69, 9.17) is 4.74 Å². The lowest BCUT2D eigenvalue weighted by Gasteiger charge is -2.09. The summed E-state index contributed by atoms with van der Waals surface area (Å²) < 4.78 is 5.44. The van der Waals surface area contributed by atoms with Crippen molar-refractivity contribution in [3.8, 4) is 0 Å². The predicted octanol–water partition coefficient (Wildman–Crippen LogP) is 3.18. The van der Waals surface area contributed by atoms with Crippen LogP contribution in [0.15, 0.2) is 24.3 Å². The van der Waals surface area contributed by atoms with E-state index in [-0.39, 0.29) is 6.03 Å². The van der Waals surface area contributed by atoms with E-state index in [1.54, 1.807) is 0 Å². The Morgan fingerprint density at radius 2 is 1.95 bits per heavy atom. The van der Waals surface area contributed by atoms with Gasteiger partial charge >= 0.3 is 6.03 Å². The number of carbonyl (C=O) groups excluding carboxylic acids is 1. The molecule has 0 aromatic heterocycles. The van der Waals surface area contributed by atoms with Crippen LogP contribution in [0.3, 0.4) is 0 Å². The molecule has 1 rings (SSSR count). The molecule has 0 spiro atoms. The largest absolute Gasteiger partial charge is 0.381 e. The lowest BCUT2D eigenvalue weighted by Crippen LogP contribution is -2.30. The van der Waals surface area contributed by atoms with Gasteiger partial charge in [-0.3, -0.25) is 0 Å². The zero-order valence-electron chi connectivity index (χ0n) is 12.0. The first-order valence-corrected chi connectivity index (χ1v) is 6.77. The van der Waals surface area contributed by atoms with E-state index in [1.165, 1.54) is 5.56 Å². The maximum atomic E-state index is 11.6. The van der Waals surface area contributed by atoms with Crippen molar-refractivity contribution in [2.45, 2.75) is 27.2 Å². The minimum atomic E-state index is -0.173. The summed E-state index contributed by atoms with van der Waals surface area (Å²) in [6, 6.07) is 7.54. The van der Waals surface area contributed by atoms with Gasteiger partial charge in [0.05, 0.1) is 0 Å². The van der Waals surface area contributed by atoms with Crippen molar-refractivity contribution >= 4 is 11.7 Å². The van der Waals surface area contributed by atoms with Gasteiger partial charge in [0.25, 0.3) is 0 Å². The summed E-state index contributed by atoms with van der Waals surface area (Å²) in [4.78, 5) is 11.6. The van der Waals surface area contributed by atoms with Crippen LogP contribution in [0.2, 0.25) is 0 Å². The first kappa shape index (κ1) is 15.5. The zero-order chi connectivity index (χ0) is 14.1. The molecular formula is C15H24N2O2. The van der Waals surface area contributed by atoms with E-state index in [0.29, 0.717) is 19.1 Å². The van der Waals surface area contributed by atoms with Gasteiger partial charge in [-0.2, -0.15) is 0 Å². The average molecular weight is 264 g/mol. The van der Waals surface area contributed by atoms with Crippen molar-refractivity contribution < 1.29 is 9.53 Å². The van der Waals surface area contributed by atoms with Crippen molar-refractivity contribution in [2.24, 2.45) is 5.92 Å². The number of carbonyl (C=O) groups is 1. The Kier molecular flexibility index (Phi) is 6.97. The molecule has 0 saturated carbocycles. The molecule has 4 nitrogen and oxygen atoms in total. The molecule has 4 heteroatoms. The molecular weight excluding hydrogens is 240 g/mol. The van der Waals surface area contributed by atoms with E-state index < -0.39 is 0 Å². The molecule has 0 aliphatic heterocycles. The molecule has 0 radical (unpaired) electrons. The SMILES string of the molecule is Cc1ccc(NC(=O)NCCCOCC(C)C)cc1. The van der Waals surface area contributed by atoms with Gasteiger partial charge in [-0.1, -0.05) is 31.5 Å². The maximum Gasteiger partial charge on any atom is 0.319 e. The summed E-state index contributed by atoms with van der Waals surface area (Å²) in [6.07, 6.45) is 0.827. The van der Waals surface area contributed by atoms with Crippen LogP contribution in [0.4, 0.5) is 10.5 Å². The fourth-order valence-electron chi connectivity index (χ4n) is 1.51. The molecule has 1 aromatic rings. The van der Waals surface area contributed by atoms with E-state index in [1.807, 2.05) is 31.2 Å². The Hall–Kier alpha value is -1.55. The molecule has 19 heavy (non-hydrogen) atoms. The molecule has 0 heterocycles. The van der Waals surface area contributed by atoms with Gasteiger partial charge in [0.15, 0.2) is 0 Å². The number of amides is 2. The third kappa shape index (κ3) is 7.47. The van der Waals surface area contributed by atoms with Gasteiger partial charge in [-0.05, 0) is 31.4 Å². The van der Waals surface area contributed by atoms with Gasteiger partial charge in [-0.25, -0.2) is 4.79 Å². The van der Waals surface area contributed by atoms with E-state index in [2.05, 4.69) is 24.5 Å². The van der Waals surface area contributed by atoms with Crippen LogP contribution in [0.5, 0.6) is 0 Å². The first-order valence-electron chi connectivity index (χ1n) is 6.77. The van der Waals surface area contributed by atoms with Crippen LogP contribution < -0.4 is 10.6 Å². The van der Waals surface area contributed by atoms with Gasteiger partial charge < -0.3 is 15.4 Å². The lowest BCUT2D eigenvalue weighted by molar-refractivity contribution is 0.108. The minimum Gasteiger partial charge on any atom is -0.381 e. The number of hydrogen-bond donors (Lipinski definition) is 2. The van der Waals surface area contributed by atoms with Gasteiger partial charge in [0, 0.05) is 25.4 Å². The molecule has 0 atom stereocenters. The fourth-order valence-corrected chi connectivity index (χ4v) is 1.51. The Balaban J connectivity index is 2.09. The van der Waals surface area contributed by atoms with Crippen LogP contribution in [0.25, 0.3) is 0 Å². The molecule has 0 fully saturated rings. The number of nitrogens with one attached hydrogen (secondary N) is 2. The third-order valence-electron chi connectivity index (χ3n) is 2.51. The van der Waals surface area contributed by atoms with E-state index in [9.17, 15) is 4.79 Å². The minimum absolute atomic E-state index is 0.173. The normalized spacial score (nSPS) is 10.5. The fraction of sp³-hybridized carbons (Fsp3) is 0.533. The number of anilines is 1. The molecule has 106 valence electrons. The van der Waals surface area contributed by atoms with E-state index >= 15 is 0 Å². The van der Waals surface area contributed by atoms with Crippen LogP contribution in [0, 0.1) is 12.8 Å². The van der Waals surface area contributed by atoms with Gasteiger partial charge in [-0.15, -0.1) is 0 Å². The average Bonchev–Trinajstić information content (AvgIpc) is 2.36. The highest BCUT2D eigenvalue weighted by Crippen LogP contribution is 2.07. The molecule has 0 saturated heterocycles. The van der Waals surface area contributed by atoms with Crippen molar-refractivity contribution in [2.75, 3.05) is 25.1 Å². The highest BCUT2D eigenvalue weighted by atomic mass is 16.5. The zero-order valence-corrected chi connectivity index (χ0v) is 12.0. The summed E-state index contributed by atoms with van der Waals surface area (Å²) >= 11 is 0. The summed E-state index contributed by atoms with van der Waals surface area (Å²) in [5.74, 6) is 0.554. The van der Waals surface area contributed by atoms with Gasteiger partial charge in [0.2, 0.25) is 0 Å². The monoisotopic (exact) mass is 264 g/mol. The van der Waals surface area contributed by atoms with Crippen LogP contribution in [-0.2, 0) is 4.74 Å². The Bertz CT molecular complexity index is 374. The second kappa shape index (κ2) is 8.53. The standard InChI is InChI=1S/C15H24N2O2/c1-12(2)11-19-10-4-9-16-15(18)17-14-7-5-13(3)6-8-14/h5-8,12H,4,9-11H2,1-3H3,(H2,16,17,18). The highest BCUT2D eigenvalue weighted by Gasteiger charge is 2.00. The topological polar surface area (TPSA) is 50.4 Å². The van der Waals surface area contributed by atoms with Crippen molar-refractivity contribution in [1.29, 1.82) is 0 Å². The van der Waals surface area contributed by atoms with E-state index in [0.717, 1.165) is 18.7 Å². The smallest absolute Gasteiger partial charge is 0.319 e. The highest BCUT2D eigenvalue weighted by molar-refractivity contribution is 5.89.